The second-order valence-electron chi connectivity index (χ2n) is 4.81. The molecule has 0 spiro atoms. The summed E-state index contributed by atoms with van der Waals surface area (Å²) >= 11 is 5.86. The zero-order valence-corrected chi connectivity index (χ0v) is 12.5. The number of benzene rings is 2. The molecule has 116 valence electrons. The zero-order chi connectivity index (χ0) is 16.4. The summed E-state index contributed by atoms with van der Waals surface area (Å²) in [7, 11) is 0. The van der Waals surface area contributed by atoms with Crippen LogP contribution in [0.5, 0.6) is 0 Å². The lowest BCUT2D eigenvalue weighted by Crippen LogP contribution is -1.91. The fraction of sp³-hybridized carbons (Fsp3) is 0.0625. The molecule has 1 heterocycles. The van der Waals surface area contributed by atoms with Crippen LogP contribution in [-0.4, -0.2) is 15.2 Å². The monoisotopic (exact) mass is 330 g/mol. The molecule has 0 fully saturated rings. The van der Waals surface area contributed by atoms with E-state index in [4.69, 9.17) is 16.1 Å². The second kappa shape index (κ2) is 6.20. The number of aliphatic hydroxyl groups is 1. The Bertz CT molecular complexity index is 859. The third-order valence-corrected chi connectivity index (χ3v) is 3.64. The summed E-state index contributed by atoms with van der Waals surface area (Å²) in [6.07, 6.45) is 0. The van der Waals surface area contributed by atoms with E-state index in [-0.39, 0.29) is 12.3 Å². The van der Waals surface area contributed by atoms with Crippen molar-refractivity contribution in [3.63, 3.8) is 0 Å². The van der Waals surface area contributed by atoms with E-state index in [1.807, 2.05) is 0 Å². The average Bonchev–Trinajstić information content (AvgIpc) is 2.99. The van der Waals surface area contributed by atoms with Gasteiger partial charge in [-0.1, -0.05) is 41.0 Å². The maximum atomic E-state index is 10.9. The fourth-order valence-electron chi connectivity index (χ4n) is 2.28. The minimum Gasteiger partial charge on any atom is -0.391 e. The molecule has 6 nitrogen and oxygen atoms in total. The summed E-state index contributed by atoms with van der Waals surface area (Å²) in [5, 5.41) is 25.2. The van der Waals surface area contributed by atoms with Gasteiger partial charge in [0.1, 0.15) is 5.69 Å². The first-order valence-corrected chi connectivity index (χ1v) is 7.08. The molecule has 2 aromatic carbocycles. The van der Waals surface area contributed by atoms with Crippen LogP contribution in [0.25, 0.3) is 22.6 Å². The summed E-state index contributed by atoms with van der Waals surface area (Å²) in [5.74, 6) is 0.307. The summed E-state index contributed by atoms with van der Waals surface area (Å²) in [6, 6.07) is 12.9. The normalized spacial score (nSPS) is 10.7. The predicted octanol–water partition coefficient (Wildman–Crippen LogP) is 4.06. The molecule has 0 aliphatic carbocycles. The number of nitrogens with zero attached hydrogens (tertiary/aromatic N) is 2. The van der Waals surface area contributed by atoms with Gasteiger partial charge in [-0.25, -0.2) is 0 Å². The third kappa shape index (κ3) is 2.94. The smallest absolute Gasteiger partial charge is 0.270 e. The van der Waals surface area contributed by atoms with Crippen molar-refractivity contribution in [2.45, 2.75) is 6.61 Å². The average molecular weight is 331 g/mol. The quantitative estimate of drug-likeness (QED) is 0.575. The molecule has 0 radical (unpaired) electrons. The zero-order valence-electron chi connectivity index (χ0n) is 11.8. The van der Waals surface area contributed by atoms with Crippen molar-refractivity contribution in [3.05, 3.63) is 69.2 Å². The molecule has 0 bridgehead atoms. The van der Waals surface area contributed by atoms with Crippen LogP contribution < -0.4 is 0 Å². The lowest BCUT2D eigenvalue weighted by Gasteiger charge is -2.02. The minimum absolute atomic E-state index is 0.0594. The molecule has 0 aliphatic rings. The number of non-ortho nitro benzene ring substituents is 1. The third-order valence-electron chi connectivity index (χ3n) is 3.38. The van der Waals surface area contributed by atoms with Gasteiger partial charge in [0.15, 0.2) is 5.76 Å². The highest BCUT2D eigenvalue weighted by molar-refractivity contribution is 6.30. The van der Waals surface area contributed by atoms with Crippen LogP contribution in [0.4, 0.5) is 5.69 Å². The first-order valence-electron chi connectivity index (χ1n) is 6.70. The maximum Gasteiger partial charge on any atom is 0.270 e. The van der Waals surface area contributed by atoms with E-state index in [1.54, 1.807) is 36.4 Å². The summed E-state index contributed by atoms with van der Waals surface area (Å²) in [6.45, 7) is -0.306. The van der Waals surface area contributed by atoms with Gasteiger partial charge in [0, 0.05) is 28.3 Å². The SMILES string of the molecule is O=[N+]([O-])c1cccc(-c2onc(-c3ccc(Cl)cc3)c2CO)c1. The van der Waals surface area contributed by atoms with Crippen molar-refractivity contribution in [1.82, 2.24) is 5.16 Å². The van der Waals surface area contributed by atoms with Gasteiger partial charge in [0.25, 0.3) is 5.69 Å². The van der Waals surface area contributed by atoms with Gasteiger partial charge in [-0.15, -0.1) is 0 Å². The van der Waals surface area contributed by atoms with Crippen molar-refractivity contribution >= 4 is 17.3 Å². The highest BCUT2D eigenvalue weighted by Crippen LogP contribution is 2.34. The molecule has 3 aromatic rings. The van der Waals surface area contributed by atoms with Gasteiger partial charge in [-0.05, 0) is 12.1 Å². The summed E-state index contributed by atoms with van der Waals surface area (Å²) < 4.78 is 5.33. The van der Waals surface area contributed by atoms with Crippen LogP contribution in [0.3, 0.4) is 0 Å². The van der Waals surface area contributed by atoms with E-state index in [0.717, 1.165) is 5.56 Å². The lowest BCUT2D eigenvalue weighted by atomic mass is 10.0. The largest absolute Gasteiger partial charge is 0.391 e. The van der Waals surface area contributed by atoms with Crippen molar-refractivity contribution in [2.75, 3.05) is 0 Å². The molecule has 1 aromatic heterocycles. The number of aromatic nitrogens is 1. The van der Waals surface area contributed by atoms with Crippen LogP contribution in [0.15, 0.2) is 53.1 Å². The molecule has 0 saturated carbocycles. The van der Waals surface area contributed by atoms with Gasteiger partial charge >= 0.3 is 0 Å². The molecule has 3 rings (SSSR count). The molecule has 0 amide bonds. The topological polar surface area (TPSA) is 89.4 Å². The molecular weight excluding hydrogens is 320 g/mol. The Hall–Kier alpha value is -2.70. The van der Waals surface area contributed by atoms with Gasteiger partial charge in [-0.3, -0.25) is 10.1 Å². The van der Waals surface area contributed by atoms with Crippen LogP contribution in [0.1, 0.15) is 5.56 Å². The highest BCUT2D eigenvalue weighted by Gasteiger charge is 2.19. The minimum atomic E-state index is -0.488. The standard InChI is InChI=1S/C16H11ClN2O4/c17-12-6-4-10(5-7-12)15-14(9-20)16(23-18-15)11-2-1-3-13(8-11)19(21)22/h1-8,20H,9H2. The number of rotatable bonds is 4. The first kappa shape index (κ1) is 15.2. The van der Waals surface area contributed by atoms with Gasteiger partial charge in [-0.2, -0.15) is 0 Å². The number of nitro groups is 1. The number of hydrogen-bond acceptors (Lipinski definition) is 5. The van der Waals surface area contributed by atoms with Crippen molar-refractivity contribution in [2.24, 2.45) is 0 Å². The van der Waals surface area contributed by atoms with Crippen LogP contribution in [0.2, 0.25) is 5.02 Å². The molecule has 0 atom stereocenters. The van der Waals surface area contributed by atoms with Crippen LogP contribution in [0, 0.1) is 10.1 Å². The van der Waals surface area contributed by atoms with Crippen molar-refractivity contribution < 1.29 is 14.6 Å². The summed E-state index contributed by atoms with van der Waals surface area (Å²) in [4.78, 5) is 10.4. The van der Waals surface area contributed by atoms with Crippen LogP contribution in [-0.2, 0) is 6.61 Å². The predicted molar refractivity (Wildman–Crippen MR) is 85.0 cm³/mol. The maximum absolute atomic E-state index is 10.9. The van der Waals surface area contributed by atoms with Gasteiger partial charge < -0.3 is 9.63 Å². The fourth-order valence-corrected chi connectivity index (χ4v) is 2.40. The molecule has 0 unspecified atom stereocenters. The van der Waals surface area contributed by atoms with E-state index < -0.39 is 4.92 Å². The molecule has 23 heavy (non-hydrogen) atoms. The number of aliphatic hydroxyl groups excluding tert-OH is 1. The molecular formula is C16H11ClN2O4. The van der Waals surface area contributed by atoms with Crippen LogP contribution >= 0.6 is 11.6 Å². The number of hydrogen-bond donors (Lipinski definition) is 1. The van der Waals surface area contributed by atoms with Gasteiger partial charge in [0.2, 0.25) is 0 Å². The van der Waals surface area contributed by atoms with E-state index >= 15 is 0 Å². The Balaban J connectivity index is 2.10. The van der Waals surface area contributed by atoms with E-state index in [1.165, 1.54) is 12.1 Å². The van der Waals surface area contributed by atoms with Crippen molar-refractivity contribution in [1.29, 1.82) is 0 Å². The van der Waals surface area contributed by atoms with Crippen molar-refractivity contribution in [3.8, 4) is 22.6 Å². The molecule has 0 aliphatic heterocycles. The molecule has 7 heteroatoms. The highest BCUT2D eigenvalue weighted by atomic mass is 35.5. The first-order chi connectivity index (χ1) is 11.1. The Morgan fingerprint density at radius 3 is 2.57 bits per heavy atom. The van der Waals surface area contributed by atoms with E-state index in [2.05, 4.69) is 5.16 Å². The number of halogens is 1. The Labute approximate surface area is 136 Å². The second-order valence-corrected chi connectivity index (χ2v) is 5.25. The lowest BCUT2D eigenvalue weighted by molar-refractivity contribution is -0.384. The molecule has 0 saturated heterocycles. The Kier molecular flexibility index (Phi) is 4.10. The molecule has 1 N–H and O–H groups in total. The van der Waals surface area contributed by atoms with E-state index in [0.29, 0.717) is 27.6 Å². The van der Waals surface area contributed by atoms with Gasteiger partial charge in [0.05, 0.1) is 17.1 Å². The van der Waals surface area contributed by atoms with E-state index in [9.17, 15) is 15.2 Å². The summed E-state index contributed by atoms with van der Waals surface area (Å²) in [5.41, 5.74) is 2.10. The number of nitro benzene ring substituents is 1. The Morgan fingerprint density at radius 1 is 1.17 bits per heavy atom. The Morgan fingerprint density at radius 2 is 1.91 bits per heavy atom.